The molecule has 1 amide bonds. The normalized spacial score (nSPS) is 11.4. The van der Waals surface area contributed by atoms with Crippen molar-refractivity contribution in [3.8, 4) is 0 Å². The highest BCUT2D eigenvalue weighted by atomic mass is 79.9. The Morgan fingerprint density at radius 1 is 1.50 bits per heavy atom. The van der Waals surface area contributed by atoms with E-state index in [0.29, 0.717) is 13.2 Å². The van der Waals surface area contributed by atoms with Crippen molar-refractivity contribution < 1.29 is 13.9 Å². The van der Waals surface area contributed by atoms with E-state index in [1.54, 1.807) is 12.1 Å². The molecule has 0 atom stereocenters. The molecule has 3 nitrogen and oxygen atoms in total. The lowest BCUT2D eigenvalue weighted by atomic mass is 10.1. The quantitative estimate of drug-likeness (QED) is 0.906. The number of hydrogen-bond acceptors (Lipinski definition) is 2. The molecule has 1 N–H and O–H groups in total. The van der Waals surface area contributed by atoms with Gasteiger partial charge in [-0.2, -0.15) is 0 Å². The molecule has 0 fully saturated rings. The minimum Gasteiger partial charge on any atom is -0.374 e. The second-order valence-electron chi connectivity index (χ2n) is 4.48. The minimum atomic E-state index is -0.552. The van der Waals surface area contributed by atoms with Crippen molar-refractivity contribution in [2.45, 2.75) is 26.4 Å². The fraction of sp³-hybridized carbons (Fsp3) is 0.462. The lowest BCUT2D eigenvalue weighted by Gasteiger charge is -2.24. The summed E-state index contributed by atoms with van der Waals surface area (Å²) in [4.78, 5) is 11.8. The van der Waals surface area contributed by atoms with Crippen LogP contribution in [0.2, 0.25) is 0 Å². The smallest absolute Gasteiger partial charge is 0.254 e. The first-order valence-electron chi connectivity index (χ1n) is 5.73. The van der Waals surface area contributed by atoms with Gasteiger partial charge in [-0.1, -0.05) is 6.07 Å². The van der Waals surface area contributed by atoms with Crippen LogP contribution in [0, 0.1) is 5.82 Å². The SMILES string of the molecule is CCOC(C)(C)CNC(=O)c1cccc(Br)c1F. The summed E-state index contributed by atoms with van der Waals surface area (Å²) in [7, 11) is 0. The molecule has 18 heavy (non-hydrogen) atoms. The third-order valence-corrected chi connectivity index (χ3v) is 3.02. The van der Waals surface area contributed by atoms with Crippen LogP contribution >= 0.6 is 15.9 Å². The highest BCUT2D eigenvalue weighted by molar-refractivity contribution is 9.10. The van der Waals surface area contributed by atoms with Gasteiger partial charge in [0.2, 0.25) is 0 Å². The van der Waals surface area contributed by atoms with Crippen molar-refractivity contribution in [1.82, 2.24) is 5.32 Å². The molecule has 0 saturated heterocycles. The summed E-state index contributed by atoms with van der Waals surface area (Å²) in [5.41, 5.74) is -0.441. The van der Waals surface area contributed by atoms with E-state index in [4.69, 9.17) is 4.74 Å². The van der Waals surface area contributed by atoms with Crippen molar-refractivity contribution in [3.05, 3.63) is 34.1 Å². The van der Waals surface area contributed by atoms with E-state index >= 15 is 0 Å². The first-order valence-corrected chi connectivity index (χ1v) is 6.53. The van der Waals surface area contributed by atoms with Crippen LogP contribution in [0.25, 0.3) is 0 Å². The molecule has 0 aromatic heterocycles. The van der Waals surface area contributed by atoms with Crippen LogP contribution in [0.3, 0.4) is 0 Å². The molecule has 1 rings (SSSR count). The van der Waals surface area contributed by atoms with Gasteiger partial charge >= 0.3 is 0 Å². The molecule has 0 unspecified atom stereocenters. The minimum absolute atomic E-state index is 0.0247. The Kier molecular flexibility index (Phi) is 5.28. The average molecular weight is 318 g/mol. The summed E-state index contributed by atoms with van der Waals surface area (Å²) < 4.78 is 19.4. The maximum absolute atomic E-state index is 13.7. The van der Waals surface area contributed by atoms with E-state index in [1.807, 2.05) is 20.8 Å². The number of ether oxygens (including phenoxy) is 1. The summed E-state index contributed by atoms with van der Waals surface area (Å²) >= 11 is 3.05. The number of hydrogen-bond donors (Lipinski definition) is 1. The molecular weight excluding hydrogens is 301 g/mol. The molecular formula is C13H17BrFNO2. The number of benzene rings is 1. The first-order chi connectivity index (χ1) is 8.37. The van der Waals surface area contributed by atoms with Gasteiger partial charge in [-0.25, -0.2) is 4.39 Å². The standard InChI is InChI=1S/C13H17BrFNO2/c1-4-18-13(2,3)8-16-12(17)9-6-5-7-10(14)11(9)15/h5-7H,4,8H2,1-3H3,(H,16,17). The zero-order chi connectivity index (χ0) is 13.8. The Labute approximate surface area is 115 Å². The van der Waals surface area contributed by atoms with Crippen molar-refractivity contribution in [2.75, 3.05) is 13.2 Å². The molecule has 5 heteroatoms. The van der Waals surface area contributed by atoms with Gasteiger partial charge in [0.15, 0.2) is 0 Å². The van der Waals surface area contributed by atoms with Gasteiger partial charge in [0.25, 0.3) is 5.91 Å². The number of carbonyl (C=O) groups is 1. The highest BCUT2D eigenvalue weighted by Gasteiger charge is 2.20. The van der Waals surface area contributed by atoms with Crippen molar-refractivity contribution >= 4 is 21.8 Å². The second kappa shape index (κ2) is 6.29. The van der Waals surface area contributed by atoms with Gasteiger partial charge in [-0.3, -0.25) is 4.79 Å². The lowest BCUT2D eigenvalue weighted by Crippen LogP contribution is -2.40. The van der Waals surface area contributed by atoms with Crippen LogP contribution < -0.4 is 5.32 Å². The van der Waals surface area contributed by atoms with E-state index in [9.17, 15) is 9.18 Å². The number of amides is 1. The van der Waals surface area contributed by atoms with Gasteiger partial charge in [-0.15, -0.1) is 0 Å². The van der Waals surface area contributed by atoms with Crippen molar-refractivity contribution in [2.24, 2.45) is 0 Å². The van der Waals surface area contributed by atoms with Gasteiger partial charge < -0.3 is 10.1 Å². The molecule has 1 aromatic carbocycles. The monoisotopic (exact) mass is 317 g/mol. The van der Waals surface area contributed by atoms with E-state index in [0.717, 1.165) is 0 Å². The fourth-order valence-electron chi connectivity index (χ4n) is 1.51. The Bertz CT molecular complexity index is 435. The van der Waals surface area contributed by atoms with E-state index < -0.39 is 17.3 Å². The molecule has 0 aliphatic heterocycles. The molecule has 0 bridgehead atoms. The largest absolute Gasteiger partial charge is 0.374 e. The predicted molar refractivity (Wildman–Crippen MR) is 72.1 cm³/mol. The maximum Gasteiger partial charge on any atom is 0.254 e. The van der Waals surface area contributed by atoms with Gasteiger partial charge in [0, 0.05) is 13.2 Å². The summed E-state index contributed by atoms with van der Waals surface area (Å²) in [6.07, 6.45) is 0. The molecule has 100 valence electrons. The van der Waals surface area contributed by atoms with Gasteiger partial charge in [0.05, 0.1) is 15.6 Å². The molecule has 1 aromatic rings. The molecule has 0 aliphatic carbocycles. The fourth-order valence-corrected chi connectivity index (χ4v) is 1.88. The Morgan fingerprint density at radius 2 is 2.17 bits per heavy atom. The summed E-state index contributed by atoms with van der Waals surface area (Å²) in [5.74, 6) is -0.995. The van der Waals surface area contributed by atoms with Crippen LogP contribution in [-0.2, 0) is 4.74 Å². The number of halogens is 2. The number of rotatable bonds is 5. The maximum atomic E-state index is 13.7. The van der Waals surface area contributed by atoms with E-state index in [1.165, 1.54) is 6.07 Å². The summed E-state index contributed by atoms with van der Waals surface area (Å²) in [6, 6.07) is 4.62. The van der Waals surface area contributed by atoms with Crippen LogP contribution in [0.5, 0.6) is 0 Å². The summed E-state index contributed by atoms with van der Waals surface area (Å²) in [5, 5.41) is 2.67. The average Bonchev–Trinajstić information content (AvgIpc) is 2.30. The third-order valence-electron chi connectivity index (χ3n) is 2.41. The van der Waals surface area contributed by atoms with E-state index in [2.05, 4.69) is 21.2 Å². The van der Waals surface area contributed by atoms with Crippen molar-refractivity contribution in [1.29, 1.82) is 0 Å². The highest BCUT2D eigenvalue weighted by Crippen LogP contribution is 2.18. The van der Waals surface area contributed by atoms with Crippen LogP contribution in [0.4, 0.5) is 4.39 Å². The molecule has 0 saturated carbocycles. The molecule has 0 heterocycles. The van der Waals surface area contributed by atoms with Gasteiger partial charge in [0.1, 0.15) is 5.82 Å². The van der Waals surface area contributed by atoms with Crippen LogP contribution in [0.1, 0.15) is 31.1 Å². The zero-order valence-corrected chi connectivity index (χ0v) is 12.3. The molecule has 0 spiro atoms. The van der Waals surface area contributed by atoms with Gasteiger partial charge in [-0.05, 0) is 48.8 Å². The van der Waals surface area contributed by atoms with Crippen LogP contribution in [-0.4, -0.2) is 24.7 Å². The lowest BCUT2D eigenvalue weighted by molar-refractivity contribution is -0.00818. The second-order valence-corrected chi connectivity index (χ2v) is 5.33. The first kappa shape index (κ1) is 15.1. The third kappa shape index (κ3) is 4.07. The molecule has 0 aliphatic rings. The Balaban J connectivity index is 2.69. The number of nitrogens with one attached hydrogen (secondary N) is 1. The Morgan fingerprint density at radius 3 is 2.78 bits per heavy atom. The van der Waals surface area contributed by atoms with Crippen molar-refractivity contribution in [3.63, 3.8) is 0 Å². The zero-order valence-electron chi connectivity index (χ0n) is 10.7. The number of carbonyl (C=O) groups excluding carboxylic acids is 1. The topological polar surface area (TPSA) is 38.3 Å². The Hall–Kier alpha value is -0.940. The van der Waals surface area contributed by atoms with Crippen LogP contribution in [0.15, 0.2) is 22.7 Å². The van der Waals surface area contributed by atoms with E-state index in [-0.39, 0.29) is 10.0 Å². The molecule has 0 radical (unpaired) electrons. The summed E-state index contributed by atoms with van der Waals surface area (Å²) in [6.45, 7) is 6.51. The predicted octanol–water partition coefficient (Wildman–Crippen LogP) is 3.13.